The highest BCUT2D eigenvalue weighted by Gasteiger charge is 2.23. The second kappa shape index (κ2) is 49.8. The van der Waals surface area contributed by atoms with Crippen LogP contribution in [0.2, 0.25) is 0 Å². The number of rotatable bonds is 45. The third kappa shape index (κ3) is 45.2. The minimum atomic E-state index is -0.826. The molecular formula is C57H97NO5. The van der Waals surface area contributed by atoms with Crippen LogP contribution in [0.15, 0.2) is 97.2 Å². The Morgan fingerprint density at radius 3 is 1.35 bits per heavy atom. The Morgan fingerprint density at radius 2 is 0.889 bits per heavy atom. The topological polar surface area (TPSA) is 95.9 Å². The number of hydrogen-bond donors (Lipinski definition) is 3. The molecule has 0 spiro atoms. The van der Waals surface area contributed by atoms with E-state index in [9.17, 15) is 19.8 Å². The van der Waals surface area contributed by atoms with E-state index in [1.54, 1.807) is 6.08 Å². The maximum Gasteiger partial charge on any atom is 0.306 e. The number of esters is 1. The maximum atomic E-state index is 13.2. The maximum absolute atomic E-state index is 13.2. The van der Waals surface area contributed by atoms with Crippen molar-refractivity contribution in [1.29, 1.82) is 0 Å². The van der Waals surface area contributed by atoms with Crippen molar-refractivity contribution in [3.8, 4) is 0 Å². The Labute approximate surface area is 388 Å². The van der Waals surface area contributed by atoms with Crippen molar-refractivity contribution in [1.82, 2.24) is 5.32 Å². The van der Waals surface area contributed by atoms with E-state index in [2.05, 4.69) is 111 Å². The second-order valence-corrected chi connectivity index (χ2v) is 17.2. The molecule has 0 fully saturated rings. The molecule has 3 unspecified atom stereocenters. The Bertz CT molecular complexity index is 1260. The Kier molecular flexibility index (Phi) is 47.2. The van der Waals surface area contributed by atoms with Crippen molar-refractivity contribution < 1.29 is 24.5 Å². The highest BCUT2D eigenvalue weighted by atomic mass is 16.5. The Hall–Kier alpha value is -3.22. The summed E-state index contributed by atoms with van der Waals surface area (Å²) in [4.78, 5) is 26.1. The number of aliphatic hydroxyl groups is 2. The molecule has 1 amide bonds. The molecule has 0 saturated carbocycles. The molecule has 3 atom stereocenters. The molecule has 0 aliphatic carbocycles. The lowest BCUT2D eigenvalue weighted by atomic mass is 10.0. The number of carbonyl (C=O) groups excluding carboxylic acids is 2. The van der Waals surface area contributed by atoms with Gasteiger partial charge < -0.3 is 20.3 Å². The van der Waals surface area contributed by atoms with Gasteiger partial charge in [0.1, 0.15) is 6.10 Å². The third-order valence-electron chi connectivity index (χ3n) is 11.2. The molecule has 3 N–H and O–H groups in total. The van der Waals surface area contributed by atoms with E-state index < -0.39 is 18.2 Å². The van der Waals surface area contributed by atoms with Gasteiger partial charge in [0.25, 0.3) is 0 Å². The van der Waals surface area contributed by atoms with E-state index in [1.165, 1.54) is 83.5 Å². The highest BCUT2D eigenvalue weighted by molar-refractivity contribution is 5.78. The first-order chi connectivity index (χ1) is 31.0. The van der Waals surface area contributed by atoms with Gasteiger partial charge in [0.15, 0.2) is 0 Å². The largest absolute Gasteiger partial charge is 0.458 e. The van der Waals surface area contributed by atoms with Gasteiger partial charge >= 0.3 is 5.97 Å². The van der Waals surface area contributed by atoms with Crippen LogP contribution >= 0.6 is 0 Å². The lowest BCUT2D eigenvalue weighted by Crippen LogP contribution is -2.46. The van der Waals surface area contributed by atoms with Crippen molar-refractivity contribution in [2.75, 3.05) is 6.61 Å². The fraction of sp³-hybridized carbons (Fsp3) is 0.684. The lowest BCUT2D eigenvalue weighted by molar-refractivity contribution is -0.148. The van der Waals surface area contributed by atoms with Gasteiger partial charge in [-0.3, -0.25) is 9.59 Å². The van der Waals surface area contributed by atoms with Gasteiger partial charge in [-0.2, -0.15) is 0 Å². The fourth-order valence-corrected chi connectivity index (χ4v) is 7.29. The van der Waals surface area contributed by atoms with Gasteiger partial charge in [-0.25, -0.2) is 0 Å². The van der Waals surface area contributed by atoms with E-state index in [0.29, 0.717) is 19.3 Å². The average molecular weight is 876 g/mol. The number of carbonyl (C=O) groups is 2. The van der Waals surface area contributed by atoms with Crippen LogP contribution in [0.4, 0.5) is 0 Å². The zero-order valence-electron chi connectivity index (χ0n) is 40.9. The first kappa shape index (κ1) is 59.8. The number of aliphatic hydroxyl groups excluding tert-OH is 2. The molecule has 360 valence electrons. The molecule has 6 nitrogen and oxygen atoms in total. The fourth-order valence-electron chi connectivity index (χ4n) is 7.29. The minimum Gasteiger partial charge on any atom is -0.458 e. The number of nitrogens with one attached hydrogen (secondary N) is 1. The van der Waals surface area contributed by atoms with Crippen LogP contribution < -0.4 is 5.32 Å². The highest BCUT2D eigenvalue weighted by Crippen LogP contribution is 2.16. The van der Waals surface area contributed by atoms with Crippen LogP contribution in [0.25, 0.3) is 0 Å². The molecule has 0 radical (unpaired) electrons. The summed E-state index contributed by atoms with van der Waals surface area (Å²) in [5.74, 6) is -0.649. The summed E-state index contributed by atoms with van der Waals surface area (Å²) in [6.07, 6.45) is 66.4. The standard InChI is InChI=1S/C57H97NO5/c1-4-7-10-13-16-19-22-25-28-29-32-35-38-41-44-47-50-57(62)63-53(48-45-42-39-36-33-30-26-23-20-17-14-11-8-5-2)51-56(61)58-54(52-59)55(60)49-46-43-40-37-34-31-27-24-21-18-15-12-9-6-3/h7-8,10-11,16-17,19-20,25-26,28,30,36,39,45,48,53-55,59-60H,4-6,9,12-15,18,21-24,27,29,31-35,37-38,40-44,46-47,49-52H2,1-3H3,(H,58,61)/b10-7+,11-8+,19-16+,20-17+,28-25+,30-26+,39-36+,48-45+. The number of amides is 1. The van der Waals surface area contributed by atoms with E-state index in [1.807, 2.05) is 6.08 Å². The van der Waals surface area contributed by atoms with E-state index >= 15 is 0 Å². The van der Waals surface area contributed by atoms with Crippen LogP contribution in [-0.4, -0.2) is 46.9 Å². The van der Waals surface area contributed by atoms with Crippen molar-refractivity contribution >= 4 is 11.9 Å². The van der Waals surface area contributed by atoms with Crippen LogP contribution in [0, 0.1) is 0 Å². The van der Waals surface area contributed by atoms with Gasteiger partial charge in [0.05, 0.1) is 25.2 Å². The van der Waals surface area contributed by atoms with Gasteiger partial charge in [0, 0.05) is 6.42 Å². The molecule has 0 bridgehead atoms. The van der Waals surface area contributed by atoms with Crippen LogP contribution in [-0.2, 0) is 14.3 Å². The van der Waals surface area contributed by atoms with Gasteiger partial charge in [-0.05, 0) is 83.1 Å². The van der Waals surface area contributed by atoms with Crippen molar-refractivity contribution in [2.45, 2.75) is 244 Å². The summed E-state index contributed by atoms with van der Waals surface area (Å²) < 4.78 is 5.82. The van der Waals surface area contributed by atoms with Crippen molar-refractivity contribution in [2.24, 2.45) is 0 Å². The minimum absolute atomic E-state index is 0.0560. The molecule has 0 rings (SSSR count). The molecule has 6 heteroatoms. The zero-order valence-corrected chi connectivity index (χ0v) is 40.9. The predicted octanol–water partition coefficient (Wildman–Crippen LogP) is 15.7. The van der Waals surface area contributed by atoms with Crippen molar-refractivity contribution in [3.05, 3.63) is 97.2 Å². The molecule has 0 aromatic heterocycles. The summed E-state index contributed by atoms with van der Waals surface area (Å²) >= 11 is 0. The van der Waals surface area contributed by atoms with E-state index in [0.717, 1.165) is 96.3 Å². The summed E-state index contributed by atoms with van der Waals surface area (Å²) in [5, 5.41) is 23.7. The quantitative estimate of drug-likeness (QED) is 0.0322. The second-order valence-electron chi connectivity index (χ2n) is 17.2. The number of ether oxygens (including phenoxy) is 1. The predicted molar refractivity (Wildman–Crippen MR) is 273 cm³/mol. The molecule has 63 heavy (non-hydrogen) atoms. The van der Waals surface area contributed by atoms with Gasteiger partial charge in [0.2, 0.25) is 5.91 Å². The summed E-state index contributed by atoms with van der Waals surface area (Å²) in [5.41, 5.74) is 0. The monoisotopic (exact) mass is 876 g/mol. The van der Waals surface area contributed by atoms with Gasteiger partial charge in [-0.15, -0.1) is 0 Å². The van der Waals surface area contributed by atoms with Crippen LogP contribution in [0.5, 0.6) is 0 Å². The smallest absolute Gasteiger partial charge is 0.306 e. The average Bonchev–Trinajstić information content (AvgIpc) is 3.28. The Morgan fingerprint density at radius 1 is 0.492 bits per heavy atom. The Balaban J connectivity index is 4.74. The lowest BCUT2D eigenvalue weighted by Gasteiger charge is -2.23. The molecular weight excluding hydrogens is 779 g/mol. The first-order valence-corrected chi connectivity index (χ1v) is 26.0. The van der Waals surface area contributed by atoms with Crippen LogP contribution in [0.1, 0.15) is 226 Å². The molecule has 0 aliphatic rings. The number of unbranched alkanes of at least 4 members (excludes halogenated alkanes) is 19. The van der Waals surface area contributed by atoms with E-state index in [-0.39, 0.29) is 24.9 Å². The summed E-state index contributed by atoms with van der Waals surface area (Å²) in [7, 11) is 0. The van der Waals surface area contributed by atoms with Gasteiger partial charge in [-0.1, -0.05) is 227 Å². The molecule has 0 heterocycles. The SMILES string of the molecule is CC/C=C/C/C=C/C/C=C/C/C=C/C/C=C/C(CC(=O)NC(CO)C(O)CCCCCCCCCCCCCCCC)OC(=O)CCCCCCCC/C=C/C/C=C/C/C=C/CC. The summed E-state index contributed by atoms with van der Waals surface area (Å²) in [6, 6.07) is -0.750. The molecule has 0 aliphatic heterocycles. The molecule has 0 saturated heterocycles. The first-order valence-electron chi connectivity index (χ1n) is 26.0. The molecule has 0 aromatic carbocycles. The number of hydrogen-bond acceptors (Lipinski definition) is 5. The van der Waals surface area contributed by atoms with Crippen molar-refractivity contribution in [3.63, 3.8) is 0 Å². The number of allylic oxidation sites excluding steroid dienone is 15. The normalized spacial score (nSPS) is 14.0. The zero-order chi connectivity index (χ0) is 45.9. The van der Waals surface area contributed by atoms with Crippen LogP contribution in [0.3, 0.4) is 0 Å². The van der Waals surface area contributed by atoms with E-state index in [4.69, 9.17) is 4.74 Å². The third-order valence-corrected chi connectivity index (χ3v) is 11.2. The molecule has 0 aromatic rings. The summed E-state index contributed by atoms with van der Waals surface area (Å²) in [6.45, 7) is 6.22.